The van der Waals surface area contributed by atoms with Crippen LogP contribution in [0.3, 0.4) is 0 Å². The molecule has 1 rings (SSSR count). The van der Waals surface area contributed by atoms with Gasteiger partial charge in [0.05, 0.1) is 11.4 Å². The first-order valence-corrected chi connectivity index (χ1v) is 5.68. The van der Waals surface area contributed by atoms with Gasteiger partial charge in [0.25, 0.3) is 0 Å². The lowest BCUT2D eigenvalue weighted by molar-refractivity contribution is -0.0426. The Labute approximate surface area is 73.2 Å². The Hall–Kier alpha value is -0.130. The summed E-state index contributed by atoms with van der Waals surface area (Å²) in [5, 5.41) is 9.31. The smallest absolute Gasteiger partial charge is 0.214 e. The van der Waals surface area contributed by atoms with E-state index in [4.69, 9.17) is 0 Å². The first-order chi connectivity index (χ1) is 5.37. The summed E-state index contributed by atoms with van der Waals surface area (Å²) in [7, 11) is -3.07. The molecule has 1 saturated heterocycles. The van der Waals surface area contributed by atoms with Crippen molar-refractivity contribution in [3.8, 4) is 0 Å². The summed E-state index contributed by atoms with van der Waals surface area (Å²) in [6, 6.07) is 0. The fourth-order valence-electron chi connectivity index (χ4n) is 1.30. The highest BCUT2D eigenvalue weighted by Gasteiger charge is 2.42. The highest BCUT2D eigenvalue weighted by Crippen LogP contribution is 2.23. The minimum Gasteiger partial charge on any atom is -0.387 e. The summed E-state index contributed by atoms with van der Waals surface area (Å²) in [5.74, 6) is 0.184. The SMILES string of the molecule is CCCS(=O)(=O)N1CC(C)(O)C1. The minimum absolute atomic E-state index is 0.184. The Kier molecular flexibility index (Phi) is 2.47. The average Bonchev–Trinajstić information content (AvgIpc) is 1.82. The predicted molar refractivity (Wildman–Crippen MR) is 46.3 cm³/mol. The Bertz CT molecular complexity index is 250. The zero-order valence-corrected chi connectivity index (χ0v) is 8.26. The van der Waals surface area contributed by atoms with Crippen LogP contribution in [0.2, 0.25) is 0 Å². The van der Waals surface area contributed by atoms with Crippen molar-refractivity contribution in [3.05, 3.63) is 0 Å². The van der Waals surface area contributed by atoms with Crippen LogP contribution in [0.1, 0.15) is 20.3 Å². The second-order valence-electron chi connectivity index (χ2n) is 3.58. The van der Waals surface area contributed by atoms with Crippen LogP contribution in [-0.4, -0.2) is 42.3 Å². The van der Waals surface area contributed by atoms with Crippen LogP contribution in [-0.2, 0) is 10.0 Å². The standard InChI is InChI=1S/C7H15NO3S/c1-3-4-12(10,11)8-5-7(2,9)6-8/h9H,3-6H2,1-2H3. The fraction of sp³-hybridized carbons (Fsp3) is 1.00. The van der Waals surface area contributed by atoms with Crippen molar-refractivity contribution in [1.29, 1.82) is 0 Å². The summed E-state index contributed by atoms with van der Waals surface area (Å²) >= 11 is 0. The molecular formula is C7H15NO3S. The summed E-state index contributed by atoms with van der Waals surface area (Å²) in [6.45, 7) is 3.96. The van der Waals surface area contributed by atoms with Gasteiger partial charge in [-0.15, -0.1) is 0 Å². The lowest BCUT2D eigenvalue weighted by Crippen LogP contribution is -2.61. The Morgan fingerprint density at radius 2 is 2.00 bits per heavy atom. The Morgan fingerprint density at radius 1 is 1.50 bits per heavy atom. The van der Waals surface area contributed by atoms with Crippen LogP contribution in [0.15, 0.2) is 0 Å². The molecule has 1 heterocycles. The Balaban J connectivity index is 2.53. The van der Waals surface area contributed by atoms with Crippen molar-refractivity contribution in [2.24, 2.45) is 0 Å². The van der Waals surface area contributed by atoms with Gasteiger partial charge in [-0.1, -0.05) is 6.92 Å². The molecule has 1 aliphatic heterocycles. The molecule has 0 aromatic heterocycles. The average molecular weight is 193 g/mol. The molecule has 1 fully saturated rings. The first kappa shape index (κ1) is 9.95. The number of hydrogen-bond donors (Lipinski definition) is 1. The molecular weight excluding hydrogens is 178 g/mol. The molecule has 5 heteroatoms. The van der Waals surface area contributed by atoms with Crippen LogP contribution < -0.4 is 0 Å². The molecule has 72 valence electrons. The molecule has 4 nitrogen and oxygen atoms in total. The molecule has 0 atom stereocenters. The van der Waals surface area contributed by atoms with E-state index in [-0.39, 0.29) is 18.8 Å². The van der Waals surface area contributed by atoms with Crippen LogP contribution >= 0.6 is 0 Å². The third-order valence-electron chi connectivity index (χ3n) is 1.89. The summed E-state index contributed by atoms with van der Waals surface area (Å²) in [5.41, 5.74) is -0.805. The number of nitrogens with zero attached hydrogens (tertiary/aromatic N) is 1. The molecule has 0 aliphatic carbocycles. The maximum Gasteiger partial charge on any atom is 0.214 e. The minimum atomic E-state index is -3.07. The van der Waals surface area contributed by atoms with Gasteiger partial charge in [-0.05, 0) is 13.3 Å². The van der Waals surface area contributed by atoms with E-state index >= 15 is 0 Å². The lowest BCUT2D eigenvalue weighted by atomic mass is 10.0. The number of hydrogen-bond acceptors (Lipinski definition) is 3. The van der Waals surface area contributed by atoms with Crippen molar-refractivity contribution in [2.75, 3.05) is 18.8 Å². The molecule has 0 bridgehead atoms. The van der Waals surface area contributed by atoms with E-state index in [1.807, 2.05) is 6.92 Å². The number of sulfonamides is 1. The van der Waals surface area contributed by atoms with Crippen molar-refractivity contribution in [3.63, 3.8) is 0 Å². The largest absolute Gasteiger partial charge is 0.387 e. The normalized spacial score (nSPS) is 23.6. The van der Waals surface area contributed by atoms with E-state index in [1.165, 1.54) is 4.31 Å². The van der Waals surface area contributed by atoms with Gasteiger partial charge < -0.3 is 5.11 Å². The van der Waals surface area contributed by atoms with Crippen molar-refractivity contribution >= 4 is 10.0 Å². The lowest BCUT2D eigenvalue weighted by Gasteiger charge is -2.42. The van der Waals surface area contributed by atoms with Gasteiger partial charge in [0, 0.05) is 13.1 Å². The third-order valence-corrected chi connectivity index (χ3v) is 3.86. The molecule has 0 aromatic rings. The molecule has 0 radical (unpaired) electrons. The van der Waals surface area contributed by atoms with Gasteiger partial charge in [-0.3, -0.25) is 0 Å². The van der Waals surface area contributed by atoms with Crippen molar-refractivity contribution < 1.29 is 13.5 Å². The van der Waals surface area contributed by atoms with Crippen molar-refractivity contribution in [1.82, 2.24) is 4.31 Å². The second kappa shape index (κ2) is 2.97. The fourth-order valence-corrected chi connectivity index (χ4v) is 3.02. The Morgan fingerprint density at radius 3 is 2.33 bits per heavy atom. The van der Waals surface area contributed by atoms with Gasteiger partial charge in [-0.25, -0.2) is 8.42 Å². The zero-order valence-electron chi connectivity index (χ0n) is 7.45. The van der Waals surface area contributed by atoms with Crippen molar-refractivity contribution in [2.45, 2.75) is 25.9 Å². The highest BCUT2D eigenvalue weighted by atomic mass is 32.2. The maximum absolute atomic E-state index is 11.3. The van der Waals surface area contributed by atoms with E-state index < -0.39 is 15.6 Å². The zero-order chi connectivity index (χ0) is 9.41. The summed E-state index contributed by atoms with van der Waals surface area (Å²) in [4.78, 5) is 0. The van der Waals surface area contributed by atoms with E-state index in [0.29, 0.717) is 6.42 Å². The van der Waals surface area contributed by atoms with E-state index in [1.54, 1.807) is 6.92 Å². The maximum atomic E-state index is 11.3. The van der Waals surface area contributed by atoms with E-state index in [0.717, 1.165) is 0 Å². The summed E-state index contributed by atoms with van der Waals surface area (Å²) in [6.07, 6.45) is 0.626. The number of β-amino-alcohol motifs (C(OH)–C–C–N with tert-alkyl or cyclic N) is 1. The molecule has 0 unspecified atom stereocenters. The van der Waals surface area contributed by atoms with Crippen LogP contribution in [0.25, 0.3) is 0 Å². The van der Waals surface area contributed by atoms with Crippen LogP contribution in [0, 0.1) is 0 Å². The number of rotatable bonds is 3. The topological polar surface area (TPSA) is 57.6 Å². The molecule has 0 saturated carbocycles. The molecule has 0 aromatic carbocycles. The van der Waals surface area contributed by atoms with Gasteiger partial charge in [0.15, 0.2) is 0 Å². The molecule has 0 amide bonds. The van der Waals surface area contributed by atoms with Gasteiger partial charge >= 0.3 is 0 Å². The predicted octanol–water partition coefficient (Wildman–Crippen LogP) is -0.207. The monoisotopic (exact) mass is 193 g/mol. The third kappa shape index (κ3) is 1.97. The molecule has 0 spiro atoms. The van der Waals surface area contributed by atoms with Crippen LogP contribution in [0.4, 0.5) is 0 Å². The van der Waals surface area contributed by atoms with E-state index in [2.05, 4.69) is 0 Å². The highest BCUT2D eigenvalue weighted by molar-refractivity contribution is 7.89. The van der Waals surface area contributed by atoms with Gasteiger partial charge in [0.1, 0.15) is 0 Å². The quantitative estimate of drug-likeness (QED) is 0.675. The van der Waals surface area contributed by atoms with Crippen LogP contribution in [0.5, 0.6) is 0 Å². The van der Waals surface area contributed by atoms with E-state index in [9.17, 15) is 13.5 Å². The first-order valence-electron chi connectivity index (χ1n) is 4.07. The molecule has 1 N–H and O–H groups in total. The van der Waals surface area contributed by atoms with Gasteiger partial charge in [-0.2, -0.15) is 4.31 Å². The number of aliphatic hydroxyl groups is 1. The molecule has 1 aliphatic rings. The molecule has 12 heavy (non-hydrogen) atoms. The van der Waals surface area contributed by atoms with Gasteiger partial charge in [0.2, 0.25) is 10.0 Å². The summed E-state index contributed by atoms with van der Waals surface area (Å²) < 4.78 is 24.0. The second-order valence-corrected chi connectivity index (χ2v) is 5.67.